The molecule has 31 heavy (non-hydrogen) atoms. The molecule has 3 nitrogen and oxygen atoms in total. The highest BCUT2D eigenvalue weighted by Crippen LogP contribution is 2.36. The Balaban J connectivity index is 2.34. The summed E-state index contributed by atoms with van der Waals surface area (Å²) >= 11 is -1.35. The summed E-state index contributed by atoms with van der Waals surface area (Å²) in [4.78, 5) is 0. The second-order valence-electron chi connectivity index (χ2n) is 9.78. The molecule has 2 aromatic carbocycles. The molecular weight excluding hydrogens is 425 g/mol. The molecule has 0 radical (unpaired) electrons. The third-order valence-corrected chi connectivity index (χ3v) is 11.9. The van der Waals surface area contributed by atoms with Crippen molar-refractivity contribution in [1.82, 2.24) is 4.72 Å². The minimum atomic E-state index is -2.70. The van der Waals surface area contributed by atoms with Crippen LogP contribution in [0.3, 0.4) is 0 Å². The van der Waals surface area contributed by atoms with Crippen LogP contribution in [0.2, 0.25) is 5.04 Å². The molecule has 2 atom stereocenters. The summed E-state index contributed by atoms with van der Waals surface area (Å²) in [7, 11) is -2.70. The molecule has 6 heteroatoms. The highest BCUT2D eigenvalue weighted by molar-refractivity contribution is 7.90. The lowest BCUT2D eigenvalue weighted by atomic mass is 10.2. The molecule has 0 fully saturated rings. The molecule has 0 aliphatic rings. The van der Waals surface area contributed by atoms with Gasteiger partial charge >= 0.3 is 0 Å². The maximum atomic E-state index is 14.8. The summed E-state index contributed by atoms with van der Waals surface area (Å²) in [6.07, 6.45) is 1.47. The van der Waals surface area contributed by atoms with Gasteiger partial charge in [-0.15, -0.1) is 4.72 Å². The van der Waals surface area contributed by atoms with Crippen LogP contribution >= 0.6 is 0 Å². The van der Waals surface area contributed by atoms with E-state index in [1.807, 2.05) is 57.2 Å². The van der Waals surface area contributed by atoms with Gasteiger partial charge in [0.15, 0.2) is 0 Å². The van der Waals surface area contributed by atoms with Gasteiger partial charge in [-0.25, -0.2) is 4.39 Å². The predicted octanol–water partition coefficient (Wildman–Crippen LogP) is 4.86. The molecule has 0 amide bonds. The molecular formula is C25H36FNO2SSi. The monoisotopic (exact) mass is 461 g/mol. The van der Waals surface area contributed by atoms with E-state index in [9.17, 15) is 8.94 Å². The zero-order chi connectivity index (χ0) is 23.3. The Kier molecular flexibility index (Phi) is 8.70. The van der Waals surface area contributed by atoms with Crippen LogP contribution in [0.5, 0.6) is 0 Å². The van der Waals surface area contributed by atoms with Gasteiger partial charge in [-0.1, -0.05) is 81.4 Å². The van der Waals surface area contributed by atoms with E-state index >= 15 is 0 Å². The summed E-state index contributed by atoms with van der Waals surface area (Å²) in [5.74, 6) is -0.365. The van der Waals surface area contributed by atoms with Crippen LogP contribution in [-0.4, -0.2) is 30.3 Å². The molecule has 0 saturated heterocycles. The average Bonchev–Trinajstić information content (AvgIpc) is 2.70. The van der Waals surface area contributed by atoms with Crippen LogP contribution in [0.15, 0.2) is 72.6 Å². The fourth-order valence-electron chi connectivity index (χ4n) is 3.58. The van der Waals surface area contributed by atoms with Crippen molar-refractivity contribution >= 4 is 30.1 Å². The van der Waals surface area contributed by atoms with Gasteiger partial charge in [-0.2, -0.15) is 0 Å². The first-order chi connectivity index (χ1) is 14.4. The van der Waals surface area contributed by atoms with E-state index in [-0.39, 0.29) is 17.5 Å². The summed E-state index contributed by atoms with van der Waals surface area (Å²) in [6, 6.07) is 19.9. The van der Waals surface area contributed by atoms with E-state index in [1.54, 1.807) is 6.92 Å². The summed E-state index contributed by atoms with van der Waals surface area (Å²) in [6.45, 7) is 14.0. The van der Waals surface area contributed by atoms with E-state index in [1.165, 1.54) is 6.08 Å². The van der Waals surface area contributed by atoms with Crippen molar-refractivity contribution in [3.05, 3.63) is 72.6 Å². The highest BCUT2D eigenvalue weighted by Gasteiger charge is 2.49. The van der Waals surface area contributed by atoms with Gasteiger partial charge in [0, 0.05) is 11.4 Å². The Morgan fingerprint density at radius 3 is 1.84 bits per heavy atom. The summed E-state index contributed by atoms with van der Waals surface area (Å²) < 4.78 is 36.2. The first-order valence-corrected chi connectivity index (χ1v) is 13.7. The van der Waals surface area contributed by atoms with Crippen molar-refractivity contribution in [2.24, 2.45) is 0 Å². The summed E-state index contributed by atoms with van der Waals surface area (Å²) in [5.41, 5.74) is 0. The second-order valence-corrected chi connectivity index (χ2v) is 16.1. The standard InChI is InChI=1S/C25H36FNO2SSi/c1-20(27-30(28)24(2,3)4)23(26)18-19-29-31(25(5,6)7,21-14-10-8-11-15-21)22-16-12-9-13-17-22/h8-18,20,27H,19H2,1-7H3/b23-18-/t20-,30-/m1/s1. The zero-order valence-corrected chi connectivity index (χ0v) is 21.6. The Hall–Kier alpha value is -1.44. The fourth-order valence-corrected chi connectivity index (χ4v) is 8.85. The third-order valence-electron chi connectivity index (χ3n) is 5.25. The highest BCUT2D eigenvalue weighted by atomic mass is 32.2. The molecule has 0 unspecified atom stereocenters. The molecule has 0 heterocycles. The Morgan fingerprint density at radius 1 is 1.00 bits per heavy atom. The van der Waals surface area contributed by atoms with Gasteiger partial charge in [0.25, 0.3) is 8.32 Å². The first kappa shape index (κ1) is 25.8. The second kappa shape index (κ2) is 10.4. The van der Waals surface area contributed by atoms with Crippen LogP contribution in [0.4, 0.5) is 4.39 Å². The third kappa shape index (κ3) is 6.30. The molecule has 1 N–H and O–H groups in total. The van der Waals surface area contributed by atoms with E-state index < -0.39 is 30.5 Å². The minimum Gasteiger partial charge on any atom is -0.598 e. The number of hydrogen-bond acceptors (Lipinski definition) is 3. The molecule has 2 aromatic rings. The molecule has 2 rings (SSSR count). The Bertz CT molecular complexity index is 808. The molecule has 0 spiro atoms. The smallest absolute Gasteiger partial charge is 0.261 e. The lowest BCUT2D eigenvalue weighted by Crippen LogP contribution is -2.66. The van der Waals surface area contributed by atoms with Gasteiger partial charge in [-0.05, 0) is 49.2 Å². The van der Waals surface area contributed by atoms with Crippen LogP contribution in [0, 0.1) is 0 Å². The number of rotatable bonds is 8. The van der Waals surface area contributed by atoms with E-state index in [0.29, 0.717) is 0 Å². The topological polar surface area (TPSA) is 44.3 Å². The molecule has 0 aromatic heterocycles. The van der Waals surface area contributed by atoms with Crippen molar-refractivity contribution in [3.63, 3.8) is 0 Å². The molecule has 170 valence electrons. The van der Waals surface area contributed by atoms with Crippen LogP contribution in [-0.2, 0) is 15.8 Å². The Morgan fingerprint density at radius 2 is 1.45 bits per heavy atom. The van der Waals surface area contributed by atoms with Crippen molar-refractivity contribution in [3.8, 4) is 0 Å². The van der Waals surface area contributed by atoms with Gasteiger partial charge < -0.3 is 8.98 Å². The quantitative estimate of drug-likeness (QED) is 0.451. The maximum Gasteiger partial charge on any atom is 0.261 e. The van der Waals surface area contributed by atoms with Crippen molar-refractivity contribution in [1.29, 1.82) is 0 Å². The average molecular weight is 462 g/mol. The lowest BCUT2D eigenvalue weighted by Gasteiger charge is -2.42. The summed E-state index contributed by atoms with van der Waals surface area (Å²) in [5, 5.41) is 2.14. The molecule has 0 bridgehead atoms. The first-order valence-electron chi connectivity index (χ1n) is 10.7. The van der Waals surface area contributed by atoms with E-state index in [2.05, 4.69) is 49.8 Å². The maximum absolute atomic E-state index is 14.8. The van der Waals surface area contributed by atoms with Crippen LogP contribution in [0.1, 0.15) is 48.5 Å². The number of hydrogen-bond donors (Lipinski definition) is 1. The lowest BCUT2D eigenvalue weighted by molar-refractivity contribution is 0.334. The van der Waals surface area contributed by atoms with Gasteiger partial charge in [0.2, 0.25) is 0 Å². The zero-order valence-electron chi connectivity index (χ0n) is 19.7. The number of benzene rings is 2. The van der Waals surface area contributed by atoms with Crippen LogP contribution < -0.4 is 15.1 Å². The normalized spacial score (nSPS) is 15.6. The fraction of sp³-hybridized carbons (Fsp3) is 0.440. The minimum absolute atomic E-state index is 0.146. The molecule has 0 aliphatic heterocycles. The van der Waals surface area contributed by atoms with Gasteiger partial charge in [-0.3, -0.25) is 0 Å². The Labute approximate surface area is 191 Å². The number of halogens is 1. The van der Waals surface area contributed by atoms with Crippen LogP contribution in [0.25, 0.3) is 0 Å². The van der Waals surface area contributed by atoms with Crippen molar-refractivity contribution in [2.45, 2.75) is 64.3 Å². The predicted molar refractivity (Wildman–Crippen MR) is 133 cm³/mol. The van der Waals surface area contributed by atoms with Crippen molar-refractivity contribution in [2.75, 3.05) is 6.61 Å². The number of nitrogens with one attached hydrogen (secondary N) is 1. The van der Waals surface area contributed by atoms with E-state index in [4.69, 9.17) is 4.43 Å². The molecule has 0 saturated carbocycles. The molecule has 0 aliphatic carbocycles. The van der Waals surface area contributed by atoms with E-state index in [0.717, 1.165) is 10.4 Å². The van der Waals surface area contributed by atoms with Gasteiger partial charge in [0.1, 0.15) is 16.6 Å². The SMILES string of the molecule is C[C@@H](N[S@+]([O-])C(C)(C)C)/C(F)=C/CO[Si](c1ccccc1)(c1ccccc1)C(C)(C)C. The van der Waals surface area contributed by atoms with Crippen molar-refractivity contribution < 1.29 is 13.4 Å². The largest absolute Gasteiger partial charge is 0.598 e. The van der Waals surface area contributed by atoms with Gasteiger partial charge in [0.05, 0.1) is 6.61 Å².